The van der Waals surface area contributed by atoms with Crippen molar-refractivity contribution in [1.82, 2.24) is 10.3 Å². The zero-order chi connectivity index (χ0) is 19.2. The molecular formula is C20H23FN2O4. The van der Waals surface area contributed by atoms with Gasteiger partial charge in [-0.3, -0.25) is 9.78 Å². The van der Waals surface area contributed by atoms with Gasteiger partial charge in [-0.25, -0.2) is 4.39 Å². The van der Waals surface area contributed by atoms with Crippen LogP contribution in [0.5, 0.6) is 17.2 Å². The Morgan fingerprint density at radius 2 is 1.85 bits per heavy atom. The SMILES string of the molecule is COc1cccc(OC2CCC(NC(=O)c3cncc(F)c3)CC2)c1OC. The zero-order valence-corrected chi connectivity index (χ0v) is 15.4. The monoisotopic (exact) mass is 374 g/mol. The van der Waals surface area contributed by atoms with E-state index in [2.05, 4.69) is 10.3 Å². The number of rotatable bonds is 6. The Balaban J connectivity index is 1.54. The van der Waals surface area contributed by atoms with Crippen molar-refractivity contribution in [2.75, 3.05) is 14.2 Å². The largest absolute Gasteiger partial charge is 0.493 e. The molecule has 1 aromatic heterocycles. The van der Waals surface area contributed by atoms with E-state index < -0.39 is 5.82 Å². The second-order valence-corrected chi connectivity index (χ2v) is 6.45. The summed E-state index contributed by atoms with van der Waals surface area (Å²) in [5.41, 5.74) is 0.231. The Kier molecular flexibility index (Phi) is 6.11. The quantitative estimate of drug-likeness (QED) is 0.840. The average Bonchev–Trinajstić information content (AvgIpc) is 2.69. The van der Waals surface area contributed by atoms with Gasteiger partial charge in [0.15, 0.2) is 11.5 Å². The van der Waals surface area contributed by atoms with Gasteiger partial charge in [0, 0.05) is 12.2 Å². The third-order valence-corrected chi connectivity index (χ3v) is 4.64. The van der Waals surface area contributed by atoms with E-state index in [0.29, 0.717) is 17.2 Å². The summed E-state index contributed by atoms with van der Waals surface area (Å²) in [5, 5.41) is 2.94. The predicted molar refractivity (Wildman–Crippen MR) is 97.9 cm³/mol. The molecular weight excluding hydrogens is 351 g/mol. The molecule has 27 heavy (non-hydrogen) atoms. The van der Waals surface area contributed by atoms with Crippen molar-refractivity contribution in [3.8, 4) is 17.2 Å². The maximum absolute atomic E-state index is 13.2. The molecule has 144 valence electrons. The Hall–Kier alpha value is -2.83. The second-order valence-electron chi connectivity index (χ2n) is 6.45. The highest BCUT2D eigenvalue weighted by atomic mass is 19.1. The number of amides is 1. The number of nitrogens with zero attached hydrogens (tertiary/aromatic N) is 1. The highest BCUT2D eigenvalue weighted by Gasteiger charge is 2.25. The van der Waals surface area contributed by atoms with Gasteiger partial charge in [-0.15, -0.1) is 0 Å². The number of carbonyl (C=O) groups excluding carboxylic acids is 1. The molecule has 1 heterocycles. The number of carbonyl (C=O) groups is 1. The van der Waals surface area contributed by atoms with Gasteiger partial charge >= 0.3 is 0 Å². The van der Waals surface area contributed by atoms with Crippen molar-refractivity contribution in [2.45, 2.75) is 37.8 Å². The highest BCUT2D eigenvalue weighted by molar-refractivity contribution is 5.94. The molecule has 6 nitrogen and oxygen atoms in total. The fraction of sp³-hybridized carbons (Fsp3) is 0.400. The van der Waals surface area contributed by atoms with Gasteiger partial charge in [-0.2, -0.15) is 0 Å². The fourth-order valence-electron chi connectivity index (χ4n) is 3.26. The maximum Gasteiger partial charge on any atom is 0.253 e. The lowest BCUT2D eigenvalue weighted by Gasteiger charge is -2.30. The summed E-state index contributed by atoms with van der Waals surface area (Å²) in [5.74, 6) is 1.02. The first-order chi connectivity index (χ1) is 13.1. The fourth-order valence-corrected chi connectivity index (χ4v) is 3.26. The minimum absolute atomic E-state index is 0.0350. The van der Waals surface area contributed by atoms with Crippen LogP contribution in [-0.2, 0) is 0 Å². The molecule has 1 saturated carbocycles. The molecule has 7 heteroatoms. The first-order valence-corrected chi connectivity index (χ1v) is 8.89. The van der Waals surface area contributed by atoms with Crippen LogP contribution in [0.4, 0.5) is 4.39 Å². The molecule has 1 fully saturated rings. The Bertz CT molecular complexity index is 791. The molecule has 0 unspecified atom stereocenters. The van der Waals surface area contributed by atoms with Crippen LogP contribution in [0.25, 0.3) is 0 Å². The molecule has 1 aromatic carbocycles. The van der Waals surface area contributed by atoms with Gasteiger partial charge in [0.2, 0.25) is 5.75 Å². The van der Waals surface area contributed by atoms with Gasteiger partial charge < -0.3 is 19.5 Å². The van der Waals surface area contributed by atoms with Crippen LogP contribution in [0.2, 0.25) is 0 Å². The summed E-state index contributed by atoms with van der Waals surface area (Å²) >= 11 is 0. The van der Waals surface area contributed by atoms with Gasteiger partial charge in [0.05, 0.1) is 32.1 Å². The maximum atomic E-state index is 13.2. The predicted octanol–water partition coefficient (Wildman–Crippen LogP) is 3.36. The summed E-state index contributed by atoms with van der Waals surface area (Å²) in [6.07, 6.45) is 5.64. The smallest absolute Gasteiger partial charge is 0.253 e. The van der Waals surface area contributed by atoms with Gasteiger partial charge in [-0.05, 0) is 43.9 Å². The first-order valence-electron chi connectivity index (χ1n) is 8.89. The van der Waals surface area contributed by atoms with E-state index in [1.54, 1.807) is 14.2 Å². The molecule has 2 aromatic rings. The summed E-state index contributed by atoms with van der Waals surface area (Å²) in [6, 6.07) is 6.75. The molecule has 1 aliphatic rings. The molecule has 1 aliphatic carbocycles. The molecule has 1 amide bonds. The van der Waals surface area contributed by atoms with Crippen LogP contribution in [-0.4, -0.2) is 37.3 Å². The van der Waals surface area contributed by atoms with Crippen LogP contribution >= 0.6 is 0 Å². The number of halogens is 1. The Morgan fingerprint density at radius 3 is 2.52 bits per heavy atom. The minimum Gasteiger partial charge on any atom is -0.493 e. The van der Waals surface area contributed by atoms with E-state index >= 15 is 0 Å². The average molecular weight is 374 g/mol. The zero-order valence-electron chi connectivity index (χ0n) is 15.4. The van der Waals surface area contributed by atoms with E-state index in [1.165, 1.54) is 12.3 Å². The van der Waals surface area contributed by atoms with E-state index in [9.17, 15) is 9.18 Å². The van der Waals surface area contributed by atoms with Crippen molar-refractivity contribution in [3.05, 3.63) is 48.0 Å². The number of pyridine rings is 1. The molecule has 0 spiro atoms. The summed E-state index contributed by atoms with van der Waals surface area (Å²) in [6.45, 7) is 0. The number of methoxy groups -OCH3 is 2. The lowest BCUT2D eigenvalue weighted by molar-refractivity contribution is 0.0890. The summed E-state index contributed by atoms with van der Waals surface area (Å²) < 4.78 is 30.0. The van der Waals surface area contributed by atoms with E-state index in [4.69, 9.17) is 14.2 Å². The number of para-hydroxylation sites is 1. The standard InChI is InChI=1S/C20H23FN2O4/c1-25-17-4-3-5-18(19(17)26-2)27-16-8-6-15(7-9-16)23-20(24)13-10-14(21)12-22-11-13/h3-5,10-12,15-16H,6-9H2,1-2H3,(H,23,24). The second kappa shape index (κ2) is 8.70. The van der Waals surface area contributed by atoms with Gasteiger partial charge in [-0.1, -0.05) is 6.07 Å². The van der Waals surface area contributed by atoms with Crippen molar-refractivity contribution in [2.24, 2.45) is 0 Å². The van der Waals surface area contributed by atoms with E-state index in [0.717, 1.165) is 31.9 Å². The number of hydrogen-bond acceptors (Lipinski definition) is 5. The van der Waals surface area contributed by atoms with Crippen LogP contribution < -0.4 is 19.5 Å². The Labute approximate surface area is 157 Å². The third kappa shape index (κ3) is 4.67. The normalized spacial score (nSPS) is 19.2. The number of benzene rings is 1. The highest BCUT2D eigenvalue weighted by Crippen LogP contribution is 2.38. The number of aromatic nitrogens is 1. The number of ether oxygens (including phenoxy) is 3. The lowest BCUT2D eigenvalue weighted by atomic mass is 9.92. The van der Waals surface area contributed by atoms with Crippen molar-refractivity contribution in [1.29, 1.82) is 0 Å². The molecule has 1 N–H and O–H groups in total. The van der Waals surface area contributed by atoms with Crippen LogP contribution in [0.15, 0.2) is 36.7 Å². The first kappa shape index (κ1) is 18.9. The van der Waals surface area contributed by atoms with Gasteiger partial charge in [0.25, 0.3) is 5.91 Å². The van der Waals surface area contributed by atoms with Crippen molar-refractivity contribution < 1.29 is 23.4 Å². The number of hydrogen-bond donors (Lipinski definition) is 1. The topological polar surface area (TPSA) is 69.7 Å². The third-order valence-electron chi connectivity index (χ3n) is 4.64. The van der Waals surface area contributed by atoms with Crippen molar-refractivity contribution in [3.63, 3.8) is 0 Å². The van der Waals surface area contributed by atoms with Crippen molar-refractivity contribution >= 4 is 5.91 Å². The molecule has 0 radical (unpaired) electrons. The number of nitrogens with one attached hydrogen (secondary N) is 1. The molecule has 0 aliphatic heterocycles. The van der Waals surface area contributed by atoms with E-state index in [1.807, 2.05) is 18.2 Å². The molecule has 0 atom stereocenters. The molecule has 3 rings (SSSR count). The molecule has 0 bridgehead atoms. The summed E-state index contributed by atoms with van der Waals surface area (Å²) in [7, 11) is 3.17. The Morgan fingerprint density at radius 1 is 1.11 bits per heavy atom. The van der Waals surface area contributed by atoms with Crippen LogP contribution in [0, 0.1) is 5.82 Å². The van der Waals surface area contributed by atoms with Gasteiger partial charge in [0.1, 0.15) is 5.82 Å². The van der Waals surface area contributed by atoms with Crippen LogP contribution in [0.3, 0.4) is 0 Å². The summed E-state index contributed by atoms with van der Waals surface area (Å²) in [4.78, 5) is 15.9. The lowest BCUT2D eigenvalue weighted by Crippen LogP contribution is -2.39. The van der Waals surface area contributed by atoms with Crippen LogP contribution in [0.1, 0.15) is 36.0 Å². The molecule has 0 saturated heterocycles. The van der Waals surface area contributed by atoms with E-state index in [-0.39, 0.29) is 23.6 Å². The minimum atomic E-state index is -0.521.